The lowest BCUT2D eigenvalue weighted by Gasteiger charge is -2.18. The van der Waals surface area contributed by atoms with Crippen LogP contribution in [0.25, 0.3) is 0 Å². The number of carbonyl (C=O) groups is 1. The normalized spacial score (nSPS) is 12.1. The maximum Gasteiger partial charge on any atom is 0.239 e. The van der Waals surface area contributed by atoms with Crippen LogP contribution in [0.4, 0.5) is 0 Å². The van der Waals surface area contributed by atoms with Crippen molar-refractivity contribution in [2.45, 2.75) is 12.6 Å². The van der Waals surface area contributed by atoms with Gasteiger partial charge in [0.05, 0.1) is 7.11 Å². The minimum absolute atomic E-state index is 0.416. The van der Waals surface area contributed by atoms with Gasteiger partial charge in [0, 0.05) is 17.0 Å². The van der Waals surface area contributed by atoms with Gasteiger partial charge in [-0.05, 0) is 17.5 Å². The summed E-state index contributed by atoms with van der Waals surface area (Å²) in [6.07, 6.45) is 0. The van der Waals surface area contributed by atoms with E-state index in [4.69, 9.17) is 10.5 Å². The number of amides is 1. The number of carbonyl (C=O) groups excluding carboxylic acids is 1. The molecule has 2 aromatic rings. The predicted molar refractivity (Wildman–Crippen MR) is 76.1 cm³/mol. The first-order valence-corrected chi connectivity index (χ1v) is 6.78. The zero-order chi connectivity index (χ0) is 13.7. The van der Waals surface area contributed by atoms with E-state index >= 15 is 0 Å². The zero-order valence-electron chi connectivity index (χ0n) is 10.6. The van der Waals surface area contributed by atoms with E-state index in [-0.39, 0.29) is 0 Å². The van der Waals surface area contributed by atoms with Crippen molar-refractivity contribution in [3.63, 3.8) is 0 Å². The minimum atomic E-state index is -0.557. The molecule has 5 heteroatoms. The Balaban J connectivity index is 2.17. The van der Waals surface area contributed by atoms with E-state index in [0.29, 0.717) is 12.3 Å². The Bertz CT molecular complexity index is 540. The molecule has 2 rings (SSSR count). The van der Waals surface area contributed by atoms with Gasteiger partial charge in [-0.3, -0.25) is 10.1 Å². The molecule has 1 atom stereocenters. The average Bonchev–Trinajstić information content (AvgIpc) is 2.92. The summed E-state index contributed by atoms with van der Waals surface area (Å²) in [5.41, 5.74) is 6.24. The summed E-state index contributed by atoms with van der Waals surface area (Å²) in [5.74, 6) is 0.242. The van der Waals surface area contributed by atoms with Crippen molar-refractivity contribution in [1.29, 1.82) is 0 Å². The van der Waals surface area contributed by atoms with Crippen LogP contribution in [-0.4, -0.2) is 13.0 Å². The maximum absolute atomic E-state index is 11.6. The van der Waals surface area contributed by atoms with Crippen LogP contribution in [0.3, 0.4) is 0 Å². The molecule has 1 heterocycles. The van der Waals surface area contributed by atoms with Crippen LogP contribution in [0.15, 0.2) is 41.8 Å². The van der Waals surface area contributed by atoms with Crippen LogP contribution in [0.2, 0.25) is 0 Å². The second-order valence-corrected chi connectivity index (χ2v) is 5.07. The van der Waals surface area contributed by atoms with Crippen LogP contribution in [0.1, 0.15) is 16.5 Å². The second-order valence-electron chi connectivity index (χ2n) is 4.04. The number of methoxy groups -OCH3 is 1. The number of hydrogen-bond acceptors (Lipinski definition) is 4. The SMILES string of the molecule is COc1ccccc1C(NCc1cccs1)C(N)=O. The third-order valence-corrected chi connectivity index (χ3v) is 3.67. The summed E-state index contributed by atoms with van der Waals surface area (Å²) in [4.78, 5) is 12.8. The molecule has 1 amide bonds. The molecule has 0 aliphatic rings. The third kappa shape index (κ3) is 3.33. The van der Waals surface area contributed by atoms with Gasteiger partial charge in [-0.15, -0.1) is 11.3 Å². The lowest BCUT2D eigenvalue weighted by atomic mass is 10.1. The largest absolute Gasteiger partial charge is 0.496 e. The van der Waals surface area contributed by atoms with Gasteiger partial charge in [0.15, 0.2) is 0 Å². The summed E-state index contributed by atoms with van der Waals surface area (Å²) < 4.78 is 5.27. The molecule has 1 unspecified atom stereocenters. The summed E-state index contributed by atoms with van der Waals surface area (Å²) in [7, 11) is 1.58. The van der Waals surface area contributed by atoms with Crippen molar-refractivity contribution in [2.75, 3.05) is 7.11 Å². The van der Waals surface area contributed by atoms with Gasteiger partial charge in [0.2, 0.25) is 5.91 Å². The highest BCUT2D eigenvalue weighted by Crippen LogP contribution is 2.25. The van der Waals surface area contributed by atoms with E-state index in [1.54, 1.807) is 18.4 Å². The van der Waals surface area contributed by atoms with Gasteiger partial charge in [-0.2, -0.15) is 0 Å². The molecule has 3 N–H and O–H groups in total. The average molecular weight is 276 g/mol. The van der Waals surface area contributed by atoms with Gasteiger partial charge in [0.25, 0.3) is 0 Å². The van der Waals surface area contributed by atoms with E-state index in [1.165, 1.54) is 0 Å². The van der Waals surface area contributed by atoms with Gasteiger partial charge >= 0.3 is 0 Å². The molecule has 0 bridgehead atoms. The highest BCUT2D eigenvalue weighted by Gasteiger charge is 2.20. The lowest BCUT2D eigenvalue weighted by molar-refractivity contribution is -0.120. The van der Waals surface area contributed by atoms with Crippen LogP contribution in [0, 0.1) is 0 Å². The first-order valence-electron chi connectivity index (χ1n) is 5.90. The molecule has 0 saturated carbocycles. The number of hydrogen-bond donors (Lipinski definition) is 2. The van der Waals surface area contributed by atoms with Crippen molar-refractivity contribution in [3.05, 3.63) is 52.2 Å². The molecular formula is C14H16N2O2S. The molecule has 4 nitrogen and oxygen atoms in total. The summed E-state index contributed by atoms with van der Waals surface area (Å²) in [6.45, 7) is 0.601. The van der Waals surface area contributed by atoms with Crippen LogP contribution < -0.4 is 15.8 Å². The predicted octanol–water partition coefficient (Wildman–Crippen LogP) is 2.07. The van der Waals surface area contributed by atoms with E-state index in [9.17, 15) is 4.79 Å². The number of rotatable bonds is 6. The van der Waals surface area contributed by atoms with E-state index in [1.807, 2.05) is 41.8 Å². The van der Waals surface area contributed by atoms with Gasteiger partial charge in [-0.1, -0.05) is 24.3 Å². The van der Waals surface area contributed by atoms with Gasteiger partial charge in [0.1, 0.15) is 11.8 Å². The molecular weight excluding hydrogens is 260 g/mol. The van der Waals surface area contributed by atoms with Crippen molar-refractivity contribution < 1.29 is 9.53 Å². The van der Waals surface area contributed by atoms with Crippen molar-refractivity contribution in [1.82, 2.24) is 5.32 Å². The number of para-hydroxylation sites is 1. The number of ether oxygens (including phenoxy) is 1. The monoisotopic (exact) mass is 276 g/mol. The summed E-state index contributed by atoms with van der Waals surface area (Å²) in [6, 6.07) is 10.8. The second kappa shape index (κ2) is 6.36. The Hall–Kier alpha value is -1.85. The van der Waals surface area contributed by atoms with E-state index < -0.39 is 11.9 Å². The number of thiophene rings is 1. The fraction of sp³-hybridized carbons (Fsp3) is 0.214. The molecule has 1 aromatic heterocycles. The molecule has 0 aliphatic heterocycles. The third-order valence-electron chi connectivity index (χ3n) is 2.79. The Morgan fingerprint density at radius 1 is 1.37 bits per heavy atom. The summed E-state index contributed by atoms with van der Waals surface area (Å²) >= 11 is 1.64. The topological polar surface area (TPSA) is 64.3 Å². The number of nitrogens with one attached hydrogen (secondary N) is 1. The van der Waals surface area contributed by atoms with Gasteiger partial charge < -0.3 is 10.5 Å². The number of benzene rings is 1. The molecule has 0 radical (unpaired) electrons. The van der Waals surface area contributed by atoms with E-state index in [0.717, 1.165) is 10.4 Å². The zero-order valence-corrected chi connectivity index (χ0v) is 11.4. The Morgan fingerprint density at radius 2 is 2.16 bits per heavy atom. The standard InChI is InChI=1S/C14H16N2O2S/c1-18-12-7-3-2-6-11(12)13(14(15)17)16-9-10-5-4-8-19-10/h2-8,13,16H,9H2,1H3,(H2,15,17). The number of nitrogens with two attached hydrogens (primary N) is 1. The highest BCUT2D eigenvalue weighted by atomic mass is 32.1. The quantitative estimate of drug-likeness (QED) is 0.849. The molecule has 0 aliphatic carbocycles. The highest BCUT2D eigenvalue weighted by molar-refractivity contribution is 7.09. The Labute approximate surface area is 116 Å². The Kier molecular flexibility index (Phi) is 4.54. The van der Waals surface area contributed by atoms with Crippen LogP contribution in [0.5, 0.6) is 5.75 Å². The molecule has 100 valence electrons. The smallest absolute Gasteiger partial charge is 0.239 e. The lowest BCUT2D eigenvalue weighted by Crippen LogP contribution is -2.33. The fourth-order valence-corrected chi connectivity index (χ4v) is 2.54. The first-order chi connectivity index (χ1) is 9.22. The molecule has 0 saturated heterocycles. The van der Waals surface area contributed by atoms with E-state index in [2.05, 4.69) is 5.32 Å². The number of primary amides is 1. The van der Waals surface area contributed by atoms with Crippen molar-refractivity contribution in [2.24, 2.45) is 5.73 Å². The first kappa shape index (κ1) is 13.6. The molecule has 19 heavy (non-hydrogen) atoms. The summed E-state index contributed by atoms with van der Waals surface area (Å²) in [5, 5.41) is 5.17. The van der Waals surface area contributed by atoms with Crippen LogP contribution >= 0.6 is 11.3 Å². The van der Waals surface area contributed by atoms with Gasteiger partial charge in [-0.25, -0.2) is 0 Å². The molecule has 0 fully saturated rings. The molecule has 1 aromatic carbocycles. The molecule has 0 spiro atoms. The fourth-order valence-electron chi connectivity index (χ4n) is 1.88. The van der Waals surface area contributed by atoms with Crippen LogP contribution in [-0.2, 0) is 11.3 Å². The Morgan fingerprint density at radius 3 is 2.79 bits per heavy atom. The maximum atomic E-state index is 11.6. The minimum Gasteiger partial charge on any atom is -0.496 e. The van der Waals surface area contributed by atoms with Crippen molar-refractivity contribution in [3.8, 4) is 5.75 Å². The van der Waals surface area contributed by atoms with Crippen molar-refractivity contribution >= 4 is 17.2 Å².